The van der Waals surface area contributed by atoms with E-state index >= 15 is 0 Å². The van der Waals surface area contributed by atoms with Crippen molar-refractivity contribution in [1.29, 1.82) is 0 Å². The maximum absolute atomic E-state index is 7.16. The third kappa shape index (κ3) is 5.11. The van der Waals surface area contributed by atoms with Crippen LogP contribution < -0.4 is 9.80 Å². The van der Waals surface area contributed by atoms with Crippen LogP contribution in [-0.2, 0) is 10.8 Å². The lowest BCUT2D eigenvalue weighted by Crippen LogP contribution is -2.40. The fourth-order valence-electron chi connectivity index (χ4n) is 7.12. The SMILES string of the molecule is CCCN1C(=CC=C2CCCC(C=CC3N(CCC)c4cccc(I)c4C3(C)C)=C2Cl)C(C)(C)c2ccccc21. The highest BCUT2D eigenvalue weighted by Gasteiger charge is 2.44. The first-order chi connectivity index (χ1) is 19.1. The van der Waals surface area contributed by atoms with E-state index in [1.165, 1.54) is 42.9 Å². The number of allylic oxidation sites excluding steroid dienone is 7. The fourth-order valence-corrected chi connectivity index (χ4v) is 8.62. The molecule has 2 nitrogen and oxygen atoms in total. The van der Waals surface area contributed by atoms with Crippen molar-refractivity contribution in [3.05, 3.63) is 103 Å². The molecule has 2 aliphatic heterocycles. The van der Waals surface area contributed by atoms with Crippen LogP contribution in [0, 0.1) is 3.57 Å². The minimum atomic E-state index is -0.0281. The second-order valence-corrected chi connectivity index (χ2v) is 14.1. The number of anilines is 2. The Morgan fingerprint density at radius 2 is 1.65 bits per heavy atom. The van der Waals surface area contributed by atoms with E-state index in [1.54, 1.807) is 0 Å². The van der Waals surface area contributed by atoms with Crippen molar-refractivity contribution < 1.29 is 0 Å². The van der Waals surface area contributed by atoms with Gasteiger partial charge in [0.25, 0.3) is 0 Å². The van der Waals surface area contributed by atoms with Crippen LogP contribution in [-0.4, -0.2) is 19.1 Å². The number of halogens is 2. The molecule has 0 N–H and O–H groups in total. The molecule has 0 aromatic heterocycles. The minimum absolute atomic E-state index is 0.0281. The highest BCUT2D eigenvalue weighted by Crippen LogP contribution is 2.49. The number of hydrogen-bond acceptors (Lipinski definition) is 2. The Labute approximate surface area is 261 Å². The first-order valence-corrected chi connectivity index (χ1v) is 16.5. The molecular weight excluding hydrogens is 623 g/mol. The summed E-state index contributed by atoms with van der Waals surface area (Å²) in [7, 11) is 0. The summed E-state index contributed by atoms with van der Waals surface area (Å²) in [5.41, 5.74) is 9.53. The molecule has 1 aliphatic carbocycles. The smallest absolute Gasteiger partial charge is 0.0568 e. The van der Waals surface area contributed by atoms with Crippen molar-refractivity contribution in [2.45, 2.75) is 90.5 Å². The van der Waals surface area contributed by atoms with E-state index in [4.69, 9.17) is 11.6 Å². The molecule has 0 spiro atoms. The van der Waals surface area contributed by atoms with Gasteiger partial charge in [-0.2, -0.15) is 0 Å². The molecule has 0 radical (unpaired) electrons. The first-order valence-electron chi connectivity index (χ1n) is 15.0. The van der Waals surface area contributed by atoms with Gasteiger partial charge in [0.15, 0.2) is 0 Å². The molecule has 0 fully saturated rings. The molecule has 0 saturated carbocycles. The lowest BCUT2D eigenvalue weighted by atomic mass is 9.80. The van der Waals surface area contributed by atoms with Gasteiger partial charge in [-0.05, 0) is 101 Å². The summed E-state index contributed by atoms with van der Waals surface area (Å²) in [6.45, 7) is 16.1. The largest absolute Gasteiger partial charge is 0.364 e. The van der Waals surface area contributed by atoms with E-state index in [2.05, 4.69) is 141 Å². The average molecular weight is 667 g/mol. The molecule has 5 rings (SSSR count). The second kappa shape index (κ2) is 11.7. The van der Waals surface area contributed by atoms with Crippen LogP contribution in [0.25, 0.3) is 0 Å². The Balaban J connectivity index is 1.47. The highest BCUT2D eigenvalue weighted by molar-refractivity contribution is 14.1. The Morgan fingerprint density at radius 3 is 2.40 bits per heavy atom. The predicted molar refractivity (Wildman–Crippen MR) is 183 cm³/mol. The Bertz CT molecular complexity index is 1390. The molecule has 2 aromatic carbocycles. The molecule has 1 atom stereocenters. The third-order valence-corrected chi connectivity index (χ3v) is 10.5. The summed E-state index contributed by atoms with van der Waals surface area (Å²) in [6, 6.07) is 15.9. The van der Waals surface area contributed by atoms with Crippen LogP contribution in [0.3, 0.4) is 0 Å². The summed E-state index contributed by atoms with van der Waals surface area (Å²) in [5.74, 6) is 0. The summed E-state index contributed by atoms with van der Waals surface area (Å²) >= 11 is 9.68. The first kappa shape index (κ1) is 29.5. The third-order valence-electron chi connectivity index (χ3n) is 9.11. The van der Waals surface area contributed by atoms with Gasteiger partial charge in [0.05, 0.1) is 6.04 Å². The lowest BCUT2D eigenvalue weighted by Gasteiger charge is -2.32. The summed E-state index contributed by atoms with van der Waals surface area (Å²) < 4.78 is 1.36. The average Bonchev–Trinajstić information content (AvgIpc) is 3.27. The van der Waals surface area contributed by atoms with Crippen LogP contribution in [0.15, 0.2) is 88.6 Å². The van der Waals surface area contributed by atoms with E-state index < -0.39 is 0 Å². The number of benzene rings is 2. The van der Waals surface area contributed by atoms with Gasteiger partial charge in [-0.15, -0.1) is 0 Å². The lowest BCUT2D eigenvalue weighted by molar-refractivity contribution is 0.472. The van der Waals surface area contributed by atoms with Crippen LogP contribution in [0.5, 0.6) is 0 Å². The van der Waals surface area contributed by atoms with Crippen molar-refractivity contribution in [1.82, 2.24) is 0 Å². The molecule has 3 aliphatic rings. The van der Waals surface area contributed by atoms with Crippen LogP contribution in [0.2, 0.25) is 0 Å². The van der Waals surface area contributed by atoms with Gasteiger partial charge in [-0.25, -0.2) is 0 Å². The Hall–Kier alpha value is -1.98. The standard InChI is InChI=1S/C36H44ClIN2/c1-7-23-39-29-17-10-9-15-27(29)35(3,4)31(39)21-19-25-13-11-14-26(34(25)37)20-22-32-36(5,6)33-28(38)16-12-18-30(33)40(32)24-8-2/h9-10,12,15-22,32H,7-8,11,13-14,23-24H2,1-6H3. The van der Waals surface area contributed by atoms with Crippen molar-refractivity contribution in [2.75, 3.05) is 22.9 Å². The zero-order chi connectivity index (χ0) is 28.7. The molecule has 2 aromatic rings. The zero-order valence-electron chi connectivity index (χ0n) is 25.0. The molecule has 0 saturated heterocycles. The van der Waals surface area contributed by atoms with Crippen LogP contribution in [0.4, 0.5) is 11.4 Å². The highest BCUT2D eigenvalue weighted by atomic mass is 127. The normalized spacial score (nSPS) is 23.6. The van der Waals surface area contributed by atoms with Gasteiger partial charge >= 0.3 is 0 Å². The van der Waals surface area contributed by atoms with Gasteiger partial charge < -0.3 is 9.80 Å². The van der Waals surface area contributed by atoms with E-state index in [0.717, 1.165) is 50.2 Å². The van der Waals surface area contributed by atoms with E-state index in [0.29, 0.717) is 6.04 Å². The molecule has 1 unspecified atom stereocenters. The van der Waals surface area contributed by atoms with Crippen LogP contribution in [0.1, 0.15) is 84.8 Å². The van der Waals surface area contributed by atoms with Crippen molar-refractivity contribution >= 4 is 45.6 Å². The van der Waals surface area contributed by atoms with E-state index in [1.807, 2.05) is 0 Å². The van der Waals surface area contributed by atoms with E-state index in [9.17, 15) is 0 Å². The minimum Gasteiger partial charge on any atom is -0.364 e. The van der Waals surface area contributed by atoms with Gasteiger partial charge in [0, 0.05) is 49.6 Å². The number of nitrogens with zero attached hydrogens (tertiary/aromatic N) is 2. The van der Waals surface area contributed by atoms with Gasteiger partial charge in [-0.1, -0.05) is 95.6 Å². The Morgan fingerprint density at radius 1 is 0.925 bits per heavy atom. The predicted octanol–water partition coefficient (Wildman–Crippen LogP) is 10.4. The molecule has 0 amide bonds. The summed E-state index contributed by atoms with van der Waals surface area (Å²) in [4.78, 5) is 5.12. The quantitative estimate of drug-likeness (QED) is 0.271. The van der Waals surface area contributed by atoms with Gasteiger partial charge in [0.1, 0.15) is 0 Å². The van der Waals surface area contributed by atoms with Crippen molar-refractivity contribution in [2.24, 2.45) is 0 Å². The molecule has 4 heteroatoms. The zero-order valence-corrected chi connectivity index (χ0v) is 27.9. The number of rotatable bonds is 7. The van der Waals surface area contributed by atoms with Gasteiger partial charge in [0.2, 0.25) is 0 Å². The van der Waals surface area contributed by atoms with Crippen LogP contribution >= 0.6 is 34.2 Å². The van der Waals surface area contributed by atoms with Gasteiger partial charge in [-0.3, -0.25) is 0 Å². The molecule has 0 bridgehead atoms. The number of hydrogen-bond donors (Lipinski definition) is 0. The maximum atomic E-state index is 7.16. The second-order valence-electron chi connectivity index (χ2n) is 12.6. The molecular formula is C36H44ClIN2. The topological polar surface area (TPSA) is 6.48 Å². The van der Waals surface area contributed by atoms with Crippen molar-refractivity contribution in [3.8, 4) is 0 Å². The number of para-hydroxylation sites is 1. The monoisotopic (exact) mass is 666 g/mol. The summed E-state index contributed by atoms with van der Waals surface area (Å²) in [5, 5.41) is 0.944. The van der Waals surface area contributed by atoms with E-state index in [-0.39, 0.29) is 10.8 Å². The fraction of sp³-hybridized carbons (Fsp3) is 0.444. The molecule has 40 heavy (non-hydrogen) atoms. The van der Waals surface area contributed by atoms with Crippen molar-refractivity contribution in [3.63, 3.8) is 0 Å². The maximum Gasteiger partial charge on any atom is 0.0568 e. The number of fused-ring (bicyclic) bond motifs is 2. The summed E-state index contributed by atoms with van der Waals surface area (Å²) in [6.07, 6.45) is 14.9. The molecule has 212 valence electrons. The molecule has 2 heterocycles. The Kier molecular flexibility index (Phi) is 8.65.